The lowest BCUT2D eigenvalue weighted by molar-refractivity contribution is 0.601. The highest BCUT2D eigenvalue weighted by Gasteiger charge is 2.13. The van der Waals surface area contributed by atoms with E-state index in [1.165, 1.54) is 11.8 Å². The molecule has 6 heteroatoms. The maximum Gasteiger partial charge on any atom is 0.261 e. The lowest BCUT2D eigenvalue weighted by Crippen LogP contribution is -2.13. The lowest BCUT2D eigenvalue weighted by Gasteiger charge is -2.10. The van der Waals surface area contributed by atoms with Gasteiger partial charge in [0.15, 0.2) is 0 Å². The molecule has 0 bridgehead atoms. The first-order valence-electron chi connectivity index (χ1n) is 8.35. The van der Waals surface area contributed by atoms with Gasteiger partial charge in [0.25, 0.3) is 10.0 Å². The largest absolute Gasteiger partial charge is 0.340 e. The SMILES string of the molecule is CC(C)c1ccc(Nc2ccc(NS(=O)(=O)c3ccccc3)cn2)cc1. The van der Waals surface area contributed by atoms with Crippen LogP contribution >= 0.6 is 0 Å². The van der Waals surface area contributed by atoms with E-state index in [2.05, 4.69) is 41.0 Å². The third-order valence-corrected chi connectivity index (χ3v) is 5.32. The number of pyridine rings is 1. The fraction of sp³-hybridized carbons (Fsp3) is 0.150. The minimum Gasteiger partial charge on any atom is -0.340 e. The highest BCUT2D eigenvalue weighted by Crippen LogP contribution is 2.21. The van der Waals surface area contributed by atoms with Gasteiger partial charge in [-0.25, -0.2) is 13.4 Å². The predicted octanol–water partition coefficient (Wildman–Crippen LogP) is 4.75. The Bertz CT molecular complexity index is 952. The number of sulfonamides is 1. The van der Waals surface area contributed by atoms with Crippen LogP contribution in [0.25, 0.3) is 0 Å². The van der Waals surface area contributed by atoms with Crippen molar-refractivity contribution < 1.29 is 8.42 Å². The quantitative estimate of drug-likeness (QED) is 0.659. The van der Waals surface area contributed by atoms with E-state index in [4.69, 9.17) is 0 Å². The average Bonchev–Trinajstić information content (AvgIpc) is 2.64. The molecule has 0 fully saturated rings. The second-order valence-corrected chi connectivity index (χ2v) is 7.93. The van der Waals surface area contributed by atoms with Gasteiger partial charge in [0.2, 0.25) is 0 Å². The Morgan fingerprint density at radius 2 is 1.50 bits per heavy atom. The van der Waals surface area contributed by atoms with Crippen molar-refractivity contribution in [3.63, 3.8) is 0 Å². The Kier molecular flexibility index (Phi) is 5.23. The van der Waals surface area contributed by atoms with Crippen LogP contribution in [-0.2, 0) is 10.0 Å². The highest BCUT2D eigenvalue weighted by molar-refractivity contribution is 7.92. The molecular weight excluding hydrogens is 346 g/mol. The van der Waals surface area contributed by atoms with Gasteiger partial charge in [-0.1, -0.05) is 44.2 Å². The molecule has 0 unspecified atom stereocenters. The van der Waals surface area contributed by atoms with Crippen LogP contribution in [0.15, 0.2) is 77.8 Å². The fourth-order valence-corrected chi connectivity index (χ4v) is 3.51. The van der Waals surface area contributed by atoms with Crippen LogP contribution in [-0.4, -0.2) is 13.4 Å². The second kappa shape index (κ2) is 7.58. The topological polar surface area (TPSA) is 71.1 Å². The number of benzene rings is 2. The number of hydrogen-bond acceptors (Lipinski definition) is 4. The van der Waals surface area contributed by atoms with Gasteiger partial charge in [-0.2, -0.15) is 0 Å². The zero-order valence-corrected chi connectivity index (χ0v) is 15.5. The summed E-state index contributed by atoms with van der Waals surface area (Å²) < 4.78 is 27.1. The molecule has 0 spiro atoms. The lowest BCUT2D eigenvalue weighted by atomic mass is 10.0. The van der Waals surface area contributed by atoms with Gasteiger partial charge in [0.1, 0.15) is 5.82 Å². The molecule has 0 saturated heterocycles. The summed E-state index contributed by atoms with van der Waals surface area (Å²) in [5, 5.41) is 3.20. The molecule has 2 aromatic carbocycles. The summed E-state index contributed by atoms with van der Waals surface area (Å²) >= 11 is 0. The number of aromatic nitrogens is 1. The van der Waals surface area contributed by atoms with E-state index in [1.807, 2.05) is 12.1 Å². The summed E-state index contributed by atoms with van der Waals surface area (Å²) in [6, 6.07) is 19.8. The van der Waals surface area contributed by atoms with Crippen molar-refractivity contribution in [2.24, 2.45) is 0 Å². The predicted molar refractivity (Wildman–Crippen MR) is 105 cm³/mol. The van der Waals surface area contributed by atoms with Crippen molar-refractivity contribution in [3.8, 4) is 0 Å². The molecule has 134 valence electrons. The summed E-state index contributed by atoms with van der Waals surface area (Å²) in [5.41, 5.74) is 2.61. The summed E-state index contributed by atoms with van der Waals surface area (Å²) in [7, 11) is -3.61. The fourth-order valence-electron chi connectivity index (χ4n) is 2.44. The molecule has 0 amide bonds. The first-order chi connectivity index (χ1) is 12.4. The van der Waals surface area contributed by atoms with Crippen LogP contribution in [0, 0.1) is 0 Å². The summed E-state index contributed by atoms with van der Waals surface area (Å²) in [5.74, 6) is 1.13. The van der Waals surface area contributed by atoms with Gasteiger partial charge in [-0.05, 0) is 47.9 Å². The van der Waals surface area contributed by atoms with Crippen molar-refractivity contribution in [2.45, 2.75) is 24.7 Å². The van der Waals surface area contributed by atoms with E-state index >= 15 is 0 Å². The third-order valence-electron chi connectivity index (χ3n) is 3.92. The van der Waals surface area contributed by atoms with Gasteiger partial charge in [0.05, 0.1) is 16.8 Å². The average molecular weight is 367 g/mol. The molecular formula is C20H21N3O2S. The van der Waals surface area contributed by atoms with Crippen LogP contribution in [0.2, 0.25) is 0 Å². The normalized spacial score (nSPS) is 11.3. The zero-order chi connectivity index (χ0) is 18.6. The molecule has 1 aromatic heterocycles. The van der Waals surface area contributed by atoms with Crippen molar-refractivity contribution in [2.75, 3.05) is 10.0 Å². The van der Waals surface area contributed by atoms with Crippen molar-refractivity contribution in [3.05, 3.63) is 78.5 Å². The number of hydrogen-bond donors (Lipinski definition) is 2. The monoisotopic (exact) mass is 367 g/mol. The Hall–Kier alpha value is -2.86. The van der Waals surface area contributed by atoms with Crippen LogP contribution in [0.4, 0.5) is 17.2 Å². The smallest absolute Gasteiger partial charge is 0.261 e. The molecule has 0 radical (unpaired) electrons. The van der Waals surface area contributed by atoms with Gasteiger partial charge < -0.3 is 5.32 Å². The molecule has 3 aromatic rings. The molecule has 0 aliphatic rings. The van der Waals surface area contributed by atoms with Crippen molar-refractivity contribution >= 4 is 27.2 Å². The molecule has 0 aliphatic carbocycles. The van der Waals surface area contributed by atoms with E-state index in [9.17, 15) is 8.42 Å². The Balaban J connectivity index is 1.69. The number of nitrogens with zero attached hydrogens (tertiary/aromatic N) is 1. The van der Waals surface area contributed by atoms with Crippen LogP contribution < -0.4 is 10.0 Å². The number of anilines is 3. The van der Waals surface area contributed by atoms with E-state index in [0.717, 1.165) is 5.69 Å². The van der Waals surface area contributed by atoms with E-state index in [-0.39, 0.29) is 4.90 Å². The minimum atomic E-state index is -3.61. The maximum absolute atomic E-state index is 12.3. The van der Waals surface area contributed by atoms with Gasteiger partial charge >= 0.3 is 0 Å². The molecule has 1 heterocycles. The molecule has 0 atom stereocenters. The van der Waals surface area contributed by atoms with E-state index in [0.29, 0.717) is 17.4 Å². The number of rotatable bonds is 6. The molecule has 26 heavy (non-hydrogen) atoms. The minimum absolute atomic E-state index is 0.215. The third kappa shape index (κ3) is 4.40. The molecule has 0 saturated carbocycles. The first kappa shape index (κ1) is 17.9. The van der Waals surface area contributed by atoms with Crippen molar-refractivity contribution in [1.82, 2.24) is 4.98 Å². The summed E-state index contributed by atoms with van der Waals surface area (Å²) in [4.78, 5) is 4.49. The highest BCUT2D eigenvalue weighted by atomic mass is 32.2. The van der Waals surface area contributed by atoms with Crippen molar-refractivity contribution in [1.29, 1.82) is 0 Å². The molecule has 0 aliphatic heterocycles. The van der Waals surface area contributed by atoms with E-state index in [1.54, 1.807) is 42.5 Å². The Labute approximate surface area is 154 Å². The second-order valence-electron chi connectivity index (χ2n) is 6.25. The first-order valence-corrected chi connectivity index (χ1v) is 9.83. The molecule has 5 nitrogen and oxygen atoms in total. The van der Waals surface area contributed by atoms with Crippen LogP contribution in [0.5, 0.6) is 0 Å². The maximum atomic E-state index is 12.3. The van der Waals surface area contributed by atoms with Crippen LogP contribution in [0.1, 0.15) is 25.3 Å². The standard InChI is InChI=1S/C20H21N3O2S/c1-15(2)16-8-10-17(11-9-16)22-20-13-12-18(14-21-20)23-26(24,25)19-6-4-3-5-7-19/h3-15,23H,1-2H3,(H,21,22). The van der Waals surface area contributed by atoms with Crippen LogP contribution in [0.3, 0.4) is 0 Å². The summed E-state index contributed by atoms with van der Waals surface area (Å²) in [6.45, 7) is 4.30. The number of nitrogens with one attached hydrogen (secondary N) is 2. The van der Waals surface area contributed by atoms with E-state index < -0.39 is 10.0 Å². The zero-order valence-electron chi connectivity index (χ0n) is 14.7. The molecule has 2 N–H and O–H groups in total. The summed E-state index contributed by atoms with van der Waals surface area (Å²) in [6.07, 6.45) is 1.49. The van der Waals surface area contributed by atoms with Gasteiger partial charge in [-0.3, -0.25) is 4.72 Å². The molecule has 3 rings (SSSR count). The van der Waals surface area contributed by atoms with Gasteiger partial charge in [-0.15, -0.1) is 0 Å². The Morgan fingerprint density at radius 3 is 2.08 bits per heavy atom. The van der Waals surface area contributed by atoms with Gasteiger partial charge in [0, 0.05) is 5.69 Å². The Morgan fingerprint density at radius 1 is 0.846 bits per heavy atom.